The topological polar surface area (TPSA) is 24.9 Å². The molecular weight excluding hydrogens is 249 g/mol. The SMILES string of the molecule is CCc1sc(CC2CCNC2)nc1C(F)(F)F. The predicted octanol–water partition coefficient (Wildman–Crippen LogP) is 2.88. The average Bonchev–Trinajstić information content (AvgIpc) is 2.86. The minimum Gasteiger partial charge on any atom is -0.316 e. The van der Waals surface area contributed by atoms with E-state index in [1.54, 1.807) is 6.92 Å². The van der Waals surface area contributed by atoms with Gasteiger partial charge in [-0.2, -0.15) is 13.2 Å². The van der Waals surface area contributed by atoms with Crippen LogP contribution in [0.15, 0.2) is 0 Å². The van der Waals surface area contributed by atoms with Gasteiger partial charge in [0.2, 0.25) is 0 Å². The number of nitrogens with one attached hydrogen (secondary N) is 1. The van der Waals surface area contributed by atoms with Gasteiger partial charge in [0, 0.05) is 11.3 Å². The van der Waals surface area contributed by atoms with Crippen molar-refractivity contribution in [2.24, 2.45) is 5.92 Å². The largest absolute Gasteiger partial charge is 0.434 e. The molecule has 0 spiro atoms. The zero-order valence-electron chi connectivity index (χ0n) is 9.60. The molecule has 1 aliphatic rings. The molecule has 2 rings (SSSR count). The second-order valence-electron chi connectivity index (χ2n) is 4.29. The lowest BCUT2D eigenvalue weighted by Crippen LogP contribution is -2.11. The van der Waals surface area contributed by atoms with Crippen LogP contribution in [-0.4, -0.2) is 18.1 Å². The van der Waals surface area contributed by atoms with Crippen molar-refractivity contribution in [2.75, 3.05) is 13.1 Å². The van der Waals surface area contributed by atoms with Crippen LogP contribution in [0.3, 0.4) is 0 Å². The average molecular weight is 264 g/mol. The van der Waals surface area contributed by atoms with E-state index in [0.717, 1.165) is 19.5 Å². The zero-order chi connectivity index (χ0) is 12.5. The summed E-state index contributed by atoms with van der Waals surface area (Å²) < 4.78 is 38.1. The molecule has 2 nitrogen and oxygen atoms in total. The van der Waals surface area contributed by atoms with E-state index in [2.05, 4.69) is 10.3 Å². The summed E-state index contributed by atoms with van der Waals surface area (Å²) >= 11 is 1.21. The Morgan fingerprint density at radius 2 is 2.24 bits per heavy atom. The second kappa shape index (κ2) is 4.94. The maximum Gasteiger partial charge on any atom is 0.434 e. The van der Waals surface area contributed by atoms with E-state index in [-0.39, 0.29) is 0 Å². The Kier molecular flexibility index (Phi) is 3.73. The first-order valence-electron chi connectivity index (χ1n) is 5.77. The summed E-state index contributed by atoms with van der Waals surface area (Å²) in [5.41, 5.74) is -0.675. The predicted molar refractivity (Wildman–Crippen MR) is 61.2 cm³/mol. The monoisotopic (exact) mass is 264 g/mol. The summed E-state index contributed by atoms with van der Waals surface area (Å²) in [7, 11) is 0. The standard InChI is InChI=1S/C11H15F3N2S/c1-2-8-10(11(12,13)14)16-9(17-8)5-7-3-4-15-6-7/h7,15H,2-6H2,1H3. The van der Waals surface area contributed by atoms with Gasteiger partial charge in [-0.25, -0.2) is 4.98 Å². The number of thiazole rings is 1. The van der Waals surface area contributed by atoms with Crippen molar-refractivity contribution in [3.8, 4) is 0 Å². The fraction of sp³-hybridized carbons (Fsp3) is 0.727. The van der Waals surface area contributed by atoms with Gasteiger partial charge in [0.15, 0.2) is 5.69 Å². The summed E-state index contributed by atoms with van der Waals surface area (Å²) in [6.07, 6.45) is -2.22. The lowest BCUT2D eigenvalue weighted by atomic mass is 10.1. The highest BCUT2D eigenvalue weighted by molar-refractivity contribution is 7.11. The Hall–Kier alpha value is -0.620. The number of hydrogen-bond donors (Lipinski definition) is 1. The summed E-state index contributed by atoms with van der Waals surface area (Å²) in [6, 6.07) is 0. The van der Waals surface area contributed by atoms with Gasteiger partial charge in [-0.15, -0.1) is 11.3 Å². The summed E-state index contributed by atoms with van der Waals surface area (Å²) in [5, 5.41) is 3.84. The Labute approximate surface area is 102 Å². The lowest BCUT2D eigenvalue weighted by Gasteiger charge is -2.04. The smallest absolute Gasteiger partial charge is 0.316 e. The minimum absolute atomic E-state index is 0.360. The molecular formula is C11H15F3N2S. The number of aromatic nitrogens is 1. The summed E-state index contributed by atoms with van der Waals surface area (Å²) in [4.78, 5) is 4.14. The molecule has 0 radical (unpaired) electrons. The lowest BCUT2D eigenvalue weighted by molar-refractivity contribution is -0.141. The van der Waals surface area contributed by atoms with Gasteiger partial charge < -0.3 is 5.32 Å². The van der Waals surface area contributed by atoms with E-state index >= 15 is 0 Å². The third kappa shape index (κ3) is 2.98. The first kappa shape index (κ1) is 12.8. The number of aryl methyl sites for hydroxylation is 1. The third-order valence-corrected chi connectivity index (χ3v) is 4.18. The first-order valence-corrected chi connectivity index (χ1v) is 6.58. The molecule has 0 aromatic carbocycles. The molecule has 2 heterocycles. The number of halogens is 3. The van der Waals surface area contributed by atoms with Crippen LogP contribution in [0.4, 0.5) is 13.2 Å². The number of alkyl halides is 3. The highest BCUT2D eigenvalue weighted by Gasteiger charge is 2.37. The molecule has 1 aliphatic heterocycles. The fourth-order valence-electron chi connectivity index (χ4n) is 2.08. The maximum atomic E-state index is 12.7. The van der Waals surface area contributed by atoms with Gasteiger partial charge in [-0.1, -0.05) is 6.92 Å². The molecule has 1 N–H and O–H groups in total. The van der Waals surface area contributed by atoms with Gasteiger partial charge in [0.1, 0.15) is 0 Å². The van der Waals surface area contributed by atoms with E-state index in [1.807, 2.05) is 0 Å². The van der Waals surface area contributed by atoms with Gasteiger partial charge >= 0.3 is 6.18 Å². The van der Waals surface area contributed by atoms with Crippen molar-refractivity contribution in [2.45, 2.75) is 32.4 Å². The van der Waals surface area contributed by atoms with E-state index in [9.17, 15) is 13.2 Å². The maximum absolute atomic E-state index is 12.7. The van der Waals surface area contributed by atoms with E-state index in [4.69, 9.17) is 0 Å². The Morgan fingerprint density at radius 1 is 1.47 bits per heavy atom. The van der Waals surface area contributed by atoms with Crippen LogP contribution in [0, 0.1) is 5.92 Å². The van der Waals surface area contributed by atoms with Gasteiger partial charge in [-0.3, -0.25) is 0 Å². The molecule has 0 saturated carbocycles. The van der Waals surface area contributed by atoms with E-state index in [1.165, 1.54) is 11.3 Å². The van der Waals surface area contributed by atoms with Crippen molar-refractivity contribution in [3.63, 3.8) is 0 Å². The molecule has 0 aliphatic carbocycles. The van der Waals surface area contributed by atoms with Gasteiger partial charge in [0.05, 0.1) is 5.01 Å². The highest BCUT2D eigenvalue weighted by Crippen LogP contribution is 2.35. The summed E-state index contributed by atoms with van der Waals surface area (Å²) in [6.45, 7) is 3.59. The Balaban J connectivity index is 2.15. The van der Waals surface area contributed by atoms with Crippen molar-refractivity contribution >= 4 is 11.3 Å². The van der Waals surface area contributed by atoms with Crippen LogP contribution in [0.1, 0.15) is 28.9 Å². The quantitative estimate of drug-likeness (QED) is 0.908. The van der Waals surface area contributed by atoms with Crippen LogP contribution in [0.5, 0.6) is 0 Å². The zero-order valence-corrected chi connectivity index (χ0v) is 10.4. The minimum atomic E-state index is -4.31. The van der Waals surface area contributed by atoms with Crippen molar-refractivity contribution in [1.29, 1.82) is 0 Å². The number of rotatable bonds is 3. The third-order valence-electron chi connectivity index (χ3n) is 2.96. The highest BCUT2D eigenvalue weighted by atomic mass is 32.1. The molecule has 1 fully saturated rings. The van der Waals surface area contributed by atoms with E-state index in [0.29, 0.717) is 28.6 Å². The van der Waals surface area contributed by atoms with Gasteiger partial charge in [0.25, 0.3) is 0 Å². The molecule has 96 valence electrons. The van der Waals surface area contributed by atoms with Crippen LogP contribution in [0.25, 0.3) is 0 Å². The molecule has 6 heteroatoms. The van der Waals surface area contributed by atoms with Crippen molar-refractivity contribution < 1.29 is 13.2 Å². The molecule has 1 unspecified atom stereocenters. The normalized spacial score (nSPS) is 21.1. The van der Waals surface area contributed by atoms with Gasteiger partial charge in [-0.05, 0) is 31.8 Å². The molecule has 1 atom stereocenters. The number of hydrogen-bond acceptors (Lipinski definition) is 3. The number of nitrogens with zero attached hydrogens (tertiary/aromatic N) is 1. The molecule has 1 saturated heterocycles. The van der Waals surface area contributed by atoms with Crippen LogP contribution in [-0.2, 0) is 19.0 Å². The van der Waals surface area contributed by atoms with Crippen molar-refractivity contribution in [3.05, 3.63) is 15.6 Å². The first-order chi connectivity index (χ1) is 8.00. The molecule has 0 amide bonds. The Bertz CT molecular complexity index is 381. The molecule has 1 aromatic heterocycles. The second-order valence-corrected chi connectivity index (χ2v) is 5.46. The fourth-order valence-corrected chi connectivity index (χ4v) is 3.23. The molecule has 1 aromatic rings. The van der Waals surface area contributed by atoms with E-state index < -0.39 is 11.9 Å². The van der Waals surface area contributed by atoms with Crippen LogP contribution in [0.2, 0.25) is 0 Å². The van der Waals surface area contributed by atoms with Crippen molar-refractivity contribution in [1.82, 2.24) is 10.3 Å². The van der Waals surface area contributed by atoms with Crippen LogP contribution < -0.4 is 5.32 Å². The molecule has 17 heavy (non-hydrogen) atoms. The summed E-state index contributed by atoms with van der Waals surface area (Å²) in [5.74, 6) is 0.437. The Morgan fingerprint density at radius 3 is 2.71 bits per heavy atom. The molecule has 0 bridgehead atoms. The van der Waals surface area contributed by atoms with Crippen LogP contribution >= 0.6 is 11.3 Å².